The Balaban J connectivity index is 2.00. The predicted molar refractivity (Wildman–Crippen MR) is 67.9 cm³/mol. The second kappa shape index (κ2) is 7.55. The van der Waals surface area contributed by atoms with E-state index in [-0.39, 0.29) is 11.8 Å². The van der Waals surface area contributed by atoms with E-state index in [1.54, 1.807) is 0 Å². The zero-order chi connectivity index (χ0) is 12.7. The molecule has 17 heavy (non-hydrogen) atoms. The minimum absolute atomic E-state index is 0.137. The lowest BCUT2D eigenvalue weighted by Gasteiger charge is -2.10. The quantitative estimate of drug-likeness (QED) is 0.578. The summed E-state index contributed by atoms with van der Waals surface area (Å²) < 4.78 is 0. The van der Waals surface area contributed by atoms with Crippen LogP contribution < -0.4 is 11.1 Å². The second-order valence-electron chi connectivity index (χ2n) is 4.29. The molecule has 0 spiro atoms. The van der Waals surface area contributed by atoms with E-state index in [1.807, 2.05) is 11.8 Å². The van der Waals surface area contributed by atoms with Crippen molar-refractivity contribution in [3.63, 3.8) is 0 Å². The standard InChI is InChI=1S/C11H20N2O3S/c12-9(11(15)16)3-1-2-5-13-10(14)8-4-6-17-7-8/h8-9H,1-7,12H2,(H,13,14)(H,15,16)/t8-,9+/m0/s1. The van der Waals surface area contributed by atoms with Crippen LogP contribution >= 0.6 is 11.8 Å². The molecular weight excluding hydrogens is 240 g/mol. The van der Waals surface area contributed by atoms with E-state index >= 15 is 0 Å². The summed E-state index contributed by atoms with van der Waals surface area (Å²) in [5.74, 6) is 1.34. The maximum absolute atomic E-state index is 11.6. The van der Waals surface area contributed by atoms with Crippen molar-refractivity contribution in [2.75, 3.05) is 18.1 Å². The highest BCUT2D eigenvalue weighted by atomic mass is 32.2. The van der Waals surface area contributed by atoms with Crippen LogP contribution in [0.15, 0.2) is 0 Å². The number of carbonyl (C=O) groups is 2. The molecular formula is C11H20N2O3S. The second-order valence-corrected chi connectivity index (χ2v) is 5.44. The number of nitrogens with one attached hydrogen (secondary N) is 1. The van der Waals surface area contributed by atoms with Crippen molar-refractivity contribution in [2.24, 2.45) is 11.7 Å². The summed E-state index contributed by atoms with van der Waals surface area (Å²) >= 11 is 1.82. The molecule has 0 aromatic carbocycles. The van der Waals surface area contributed by atoms with Gasteiger partial charge in [-0.05, 0) is 31.4 Å². The van der Waals surface area contributed by atoms with E-state index in [1.165, 1.54) is 0 Å². The van der Waals surface area contributed by atoms with Gasteiger partial charge in [0.05, 0.1) is 0 Å². The SMILES string of the molecule is N[C@H](CCCCNC(=O)[C@H]1CCSC1)C(=O)O. The molecule has 1 aliphatic rings. The normalized spacial score (nSPS) is 21.1. The first-order chi connectivity index (χ1) is 8.11. The van der Waals surface area contributed by atoms with Crippen molar-refractivity contribution < 1.29 is 14.7 Å². The lowest BCUT2D eigenvalue weighted by molar-refractivity contribution is -0.138. The van der Waals surface area contributed by atoms with Crippen molar-refractivity contribution in [3.8, 4) is 0 Å². The lowest BCUT2D eigenvalue weighted by Crippen LogP contribution is -2.32. The summed E-state index contributed by atoms with van der Waals surface area (Å²) in [6.07, 6.45) is 2.95. The van der Waals surface area contributed by atoms with Crippen molar-refractivity contribution in [1.82, 2.24) is 5.32 Å². The Morgan fingerprint density at radius 1 is 1.47 bits per heavy atom. The Kier molecular flexibility index (Phi) is 6.36. The van der Waals surface area contributed by atoms with Crippen LogP contribution in [0.25, 0.3) is 0 Å². The van der Waals surface area contributed by atoms with Gasteiger partial charge in [0.2, 0.25) is 5.91 Å². The van der Waals surface area contributed by atoms with Gasteiger partial charge in [-0.2, -0.15) is 11.8 Å². The molecule has 0 saturated carbocycles. The molecule has 2 atom stereocenters. The molecule has 0 bridgehead atoms. The summed E-state index contributed by atoms with van der Waals surface area (Å²) in [5, 5.41) is 11.5. The fourth-order valence-electron chi connectivity index (χ4n) is 1.71. The molecule has 1 rings (SSSR count). The summed E-state index contributed by atoms with van der Waals surface area (Å²) in [5.41, 5.74) is 5.37. The molecule has 0 aliphatic carbocycles. The smallest absolute Gasteiger partial charge is 0.320 e. The van der Waals surface area contributed by atoms with Crippen LogP contribution in [0.2, 0.25) is 0 Å². The molecule has 1 amide bonds. The number of nitrogens with two attached hydrogens (primary N) is 1. The molecule has 4 N–H and O–H groups in total. The number of hydrogen-bond acceptors (Lipinski definition) is 4. The Morgan fingerprint density at radius 3 is 2.82 bits per heavy atom. The third kappa shape index (κ3) is 5.41. The summed E-state index contributed by atoms with van der Waals surface area (Å²) in [4.78, 5) is 22.1. The Hall–Kier alpha value is -0.750. The van der Waals surface area contributed by atoms with E-state index in [0.717, 1.165) is 30.8 Å². The van der Waals surface area contributed by atoms with Crippen LogP contribution in [0.5, 0.6) is 0 Å². The largest absolute Gasteiger partial charge is 0.480 e. The first-order valence-corrected chi connectivity index (χ1v) is 7.10. The fraction of sp³-hybridized carbons (Fsp3) is 0.818. The number of hydrogen-bond donors (Lipinski definition) is 3. The van der Waals surface area contributed by atoms with Gasteiger partial charge in [0.25, 0.3) is 0 Å². The molecule has 1 saturated heterocycles. The molecule has 0 aromatic rings. The molecule has 0 radical (unpaired) electrons. The van der Waals surface area contributed by atoms with Crippen LogP contribution in [0.1, 0.15) is 25.7 Å². The number of amides is 1. The van der Waals surface area contributed by atoms with Gasteiger partial charge < -0.3 is 16.2 Å². The Morgan fingerprint density at radius 2 is 2.24 bits per heavy atom. The van der Waals surface area contributed by atoms with Gasteiger partial charge >= 0.3 is 5.97 Å². The minimum atomic E-state index is -0.961. The Bertz CT molecular complexity index is 267. The summed E-state index contributed by atoms with van der Waals surface area (Å²) in [7, 11) is 0. The molecule has 0 aromatic heterocycles. The maximum atomic E-state index is 11.6. The minimum Gasteiger partial charge on any atom is -0.480 e. The number of rotatable bonds is 7. The molecule has 98 valence electrons. The number of thioether (sulfide) groups is 1. The van der Waals surface area contributed by atoms with E-state index in [0.29, 0.717) is 13.0 Å². The molecule has 1 aliphatic heterocycles. The first-order valence-electron chi connectivity index (χ1n) is 5.95. The lowest BCUT2D eigenvalue weighted by atomic mass is 10.1. The van der Waals surface area contributed by atoms with Gasteiger partial charge in [-0.15, -0.1) is 0 Å². The number of unbranched alkanes of at least 4 members (excludes halogenated alkanes) is 1. The van der Waals surface area contributed by atoms with Crippen molar-refractivity contribution in [3.05, 3.63) is 0 Å². The van der Waals surface area contributed by atoms with E-state index in [9.17, 15) is 9.59 Å². The van der Waals surface area contributed by atoms with Crippen LogP contribution in [0.3, 0.4) is 0 Å². The number of carbonyl (C=O) groups excluding carboxylic acids is 1. The fourth-order valence-corrected chi connectivity index (χ4v) is 2.93. The number of aliphatic carboxylic acids is 1. The molecule has 1 fully saturated rings. The van der Waals surface area contributed by atoms with Crippen LogP contribution in [0, 0.1) is 5.92 Å². The van der Waals surface area contributed by atoms with Gasteiger partial charge in [0, 0.05) is 18.2 Å². The van der Waals surface area contributed by atoms with E-state index in [4.69, 9.17) is 10.8 Å². The topological polar surface area (TPSA) is 92.4 Å². The van der Waals surface area contributed by atoms with E-state index in [2.05, 4.69) is 5.32 Å². The predicted octanol–water partition coefficient (Wildman–Crippen LogP) is 0.438. The third-order valence-corrected chi connectivity index (χ3v) is 4.02. The van der Waals surface area contributed by atoms with Gasteiger partial charge in [-0.1, -0.05) is 0 Å². The van der Waals surface area contributed by atoms with Crippen LogP contribution in [-0.2, 0) is 9.59 Å². The highest BCUT2D eigenvalue weighted by Crippen LogP contribution is 2.23. The third-order valence-electron chi connectivity index (χ3n) is 2.86. The summed E-state index contributed by atoms with van der Waals surface area (Å²) in [6.45, 7) is 0.617. The van der Waals surface area contributed by atoms with Crippen LogP contribution in [-0.4, -0.2) is 41.1 Å². The van der Waals surface area contributed by atoms with Gasteiger partial charge in [0.1, 0.15) is 6.04 Å². The first kappa shape index (κ1) is 14.3. The van der Waals surface area contributed by atoms with Crippen molar-refractivity contribution in [2.45, 2.75) is 31.7 Å². The monoisotopic (exact) mass is 260 g/mol. The zero-order valence-corrected chi connectivity index (χ0v) is 10.7. The molecule has 6 heteroatoms. The molecule has 5 nitrogen and oxygen atoms in total. The number of carboxylic acid groups (broad SMARTS) is 1. The average Bonchev–Trinajstić information content (AvgIpc) is 2.81. The highest BCUT2D eigenvalue weighted by molar-refractivity contribution is 7.99. The average molecular weight is 260 g/mol. The molecule has 1 heterocycles. The van der Waals surface area contributed by atoms with E-state index < -0.39 is 12.0 Å². The molecule has 0 unspecified atom stereocenters. The number of carboxylic acids is 1. The van der Waals surface area contributed by atoms with Crippen molar-refractivity contribution in [1.29, 1.82) is 0 Å². The highest BCUT2D eigenvalue weighted by Gasteiger charge is 2.22. The maximum Gasteiger partial charge on any atom is 0.320 e. The van der Waals surface area contributed by atoms with Crippen LogP contribution in [0.4, 0.5) is 0 Å². The van der Waals surface area contributed by atoms with Gasteiger partial charge in [0.15, 0.2) is 0 Å². The van der Waals surface area contributed by atoms with Crippen molar-refractivity contribution >= 4 is 23.6 Å². The van der Waals surface area contributed by atoms with Gasteiger partial charge in [-0.3, -0.25) is 9.59 Å². The zero-order valence-electron chi connectivity index (χ0n) is 9.85. The Labute approximate surface area is 106 Å². The summed E-state index contributed by atoms with van der Waals surface area (Å²) in [6, 6.07) is -0.781. The van der Waals surface area contributed by atoms with Gasteiger partial charge in [-0.25, -0.2) is 0 Å².